The van der Waals surface area contributed by atoms with E-state index in [1.807, 2.05) is 0 Å². The predicted molar refractivity (Wildman–Crippen MR) is 80.8 cm³/mol. The van der Waals surface area contributed by atoms with Gasteiger partial charge in [0.05, 0.1) is 22.5 Å². The molecule has 7 heteroatoms. The molecule has 0 atom stereocenters. The summed E-state index contributed by atoms with van der Waals surface area (Å²) in [6, 6.07) is 6.16. The topological polar surface area (TPSA) is 54.0 Å². The van der Waals surface area contributed by atoms with Crippen molar-refractivity contribution in [1.29, 1.82) is 0 Å². The molecule has 104 valence electrons. The molecule has 1 aromatic carbocycles. The molecule has 0 spiro atoms. The van der Waals surface area contributed by atoms with Gasteiger partial charge in [-0.05, 0) is 24.3 Å². The minimum Gasteiger partial charge on any atom is -0.372 e. The van der Waals surface area contributed by atoms with E-state index in [9.17, 15) is 9.18 Å². The van der Waals surface area contributed by atoms with Gasteiger partial charge in [0, 0.05) is 11.5 Å². The van der Waals surface area contributed by atoms with Gasteiger partial charge in [-0.2, -0.15) is 0 Å². The summed E-state index contributed by atoms with van der Waals surface area (Å²) in [4.78, 5) is 16.0. The Kier molecular flexibility index (Phi) is 4.57. The summed E-state index contributed by atoms with van der Waals surface area (Å²) in [6.45, 7) is 0. The van der Waals surface area contributed by atoms with E-state index in [1.54, 1.807) is 25.2 Å². The lowest BCUT2D eigenvalue weighted by Gasteiger charge is -2.10. The summed E-state index contributed by atoms with van der Waals surface area (Å²) < 4.78 is 14.0. The smallest absolute Gasteiger partial charge is 0.259 e. The second kappa shape index (κ2) is 6.19. The number of carbonyl (C=O) groups is 1. The lowest BCUT2D eigenvalue weighted by atomic mass is 10.2. The largest absolute Gasteiger partial charge is 0.372 e. The molecule has 2 N–H and O–H groups in total. The average Bonchev–Trinajstić information content (AvgIpc) is 2.42. The zero-order chi connectivity index (χ0) is 14.7. The van der Waals surface area contributed by atoms with Gasteiger partial charge in [-0.25, -0.2) is 9.37 Å². The number of hydrogen-bond donors (Lipinski definition) is 2. The Morgan fingerprint density at radius 2 is 2.15 bits per heavy atom. The standard InChI is InChI=1S/C13H10BrClFN3O/c1-17-12-9(5-8(16)6-18-12)13(20)19-11-4-7(14)2-3-10(11)15/h2-6H,1H3,(H,17,18)(H,19,20). The van der Waals surface area contributed by atoms with Crippen molar-refractivity contribution < 1.29 is 9.18 Å². The Labute approximate surface area is 128 Å². The number of nitrogens with zero attached hydrogens (tertiary/aromatic N) is 1. The Balaban J connectivity index is 2.32. The van der Waals surface area contributed by atoms with E-state index >= 15 is 0 Å². The number of halogens is 3. The molecule has 0 bridgehead atoms. The lowest BCUT2D eigenvalue weighted by Crippen LogP contribution is -2.15. The van der Waals surface area contributed by atoms with Gasteiger partial charge in [0.15, 0.2) is 0 Å². The highest BCUT2D eigenvalue weighted by Gasteiger charge is 2.15. The van der Waals surface area contributed by atoms with E-state index in [1.165, 1.54) is 0 Å². The van der Waals surface area contributed by atoms with E-state index in [4.69, 9.17) is 11.6 Å². The first-order valence-electron chi connectivity index (χ1n) is 5.61. The molecule has 0 saturated heterocycles. The normalized spacial score (nSPS) is 10.2. The highest BCUT2D eigenvalue weighted by molar-refractivity contribution is 9.10. The van der Waals surface area contributed by atoms with Crippen LogP contribution in [0.15, 0.2) is 34.9 Å². The number of aromatic nitrogens is 1. The van der Waals surface area contributed by atoms with Gasteiger partial charge >= 0.3 is 0 Å². The van der Waals surface area contributed by atoms with Crippen LogP contribution in [0.4, 0.5) is 15.9 Å². The number of carbonyl (C=O) groups excluding carboxylic acids is 1. The molecule has 0 unspecified atom stereocenters. The van der Waals surface area contributed by atoms with E-state index in [2.05, 4.69) is 31.5 Å². The summed E-state index contributed by atoms with van der Waals surface area (Å²) in [7, 11) is 1.60. The van der Waals surface area contributed by atoms with Gasteiger partial charge in [0.25, 0.3) is 5.91 Å². The van der Waals surface area contributed by atoms with Gasteiger partial charge in [0.2, 0.25) is 0 Å². The molecule has 2 aromatic rings. The first kappa shape index (κ1) is 14.7. The predicted octanol–water partition coefficient (Wildman–Crippen LogP) is 3.93. The van der Waals surface area contributed by atoms with E-state index in [-0.39, 0.29) is 11.4 Å². The van der Waals surface area contributed by atoms with Crippen molar-refractivity contribution in [3.05, 3.63) is 51.3 Å². The second-order valence-corrected chi connectivity index (χ2v) is 5.20. The molecule has 20 heavy (non-hydrogen) atoms. The zero-order valence-electron chi connectivity index (χ0n) is 10.4. The maximum absolute atomic E-state index is 13.2. The zero-order valence-corrected chi connectivity index (χ0v) is 12.7. The number of anilines is 2. The summed E-state index contributed by atoms with van der Waals surface area (Å²) >= 11 is 9.28. The Morgan fingerprint density at radius 1 is 1.40 bits per heavy atom. The van der Waals surface area contributed by atoms with Crippen molar-refractivity contribution >= 4 is 44.9 Å². The fourth-order valence-electron chi connectivity index (χ4n) is 1.59. The minimum absolute atomic E-state index is 0.101. The van der Waals surface area contributed by atoms with Crippen molar-refractivity contribution in [2.24, 2.45) is 0 Å². The summed E-state index contributed by atoms with van der Waals surface area (Å²) in [6.07, 6.45) is 1.04. The highest BCUT2D eigenvalue weighted by Crippen LogP contribution is 2.26. The molecule has 0 fully saturated rings. The molecule has 2 rings (SSSR count). The van der Waals surface area contributed by atoms with E-state index < -0.39 is 11.7 Å². The Bertz CT molecular complexity index is 666. The maximum atomic E-state index is 13.2. The Hall–Kier alpha value is -1.66. The third-order valence-electron chi connectivity index (χ3n) is 2.51. The third kappa shape index (κ3) is 3.26. The van der Waals surface area contributed by atoms with Crippen molar-refractivity contribution in [3.63, 3.8) is 0 Å². The Morgan fingerprint density at radius 3 is 2.85 bits per heavy atom. The highest BCUT2D eigenvalue weighted by atomic mass is 79.9. The van der Waals surface area contributed by atoms with Crippen LogP contribution in [0.1, 0.15) is 10.4 Å². The SMILES string of the molecule is CNc1ncc(F)cc1C(=O)Nc1cc(Br)ccc1Cl. The van der Waals surface area contributed by atoms with Crippen molar-refractivity contribution in [1.82, 2.24) is 4.98 Å². The van der Waals surface area contributed by atoms with E-state index in [0.717, 1.165) is 16.7 Å². The molecule has 0 radical (unpaired) electrons. The van der Waals surface area contributed by atoms with Gasteiger partial charge < -0.3 is 10.6 Å². The maximum Gasteiger partial charge on any atom is 0.259 e. The number of pyridine rings is 1. The number of hydrogen-bond acceptors (Lipinski definition) is 3. The molecule has 1 aromatic heterocycles. The fourth-order valence-corrected chi connectivity index (χ4v) is 2.12. The van der Waals surface area contributed by atoms with Crippen LogP contribution in [0.3, 0.4) is 0 Å². The second-order valence-electron chi connectivity index (χ2n) is 3.88. The minimum atomic E-state index is -0.588. The van der Waals surface area contributed by atoms with Gasteiger partial charge in [-0.15, -0.1) is 0 Å². The molecule has 0 saturated carbocycles. The molecular formula is C13H10BrClFN3O. The van der Waals surface area contributed by atoms with Gasteiger partial charge in [0.1, 0.15) is 11.6 Å². The number of benzene rings is 1. The van der Waals surface area contributed by atoms with Crippen molar-refractivity contribution in [2.45, 2.75) is 0 Å². The van der Waals surface area contributed by atoms with Crippen LogP contribution in [0, 0.1) is 5.82 Å². The number of amides is 1. The van der Waals surface area contributed by atoms with Crippen molar-refractivity contribution in [2.75, 3.05) is 17.7 Å². The van der Waals surface area contributed by atoms with Crippen LogP contribution < -0.4 is 10.6 Å². The fraction of sp³-hybridized carbons (Fsp3) is 0.0769. The first-order valence-corrected chi connectivity index (χ1v) is 6.78. The van der Waals surface area contributed by atoms with Crippen molar-refractivity contribution in [3.8, 4) is 0 Å². The van der Waals surface area contributed by atoms with Crippen LogP contribution in [0.2, 0.25) is 5.02 Å². The quantitative estimate of drug-likeness (QED) is 0.874. The number of nitrogens with one attached hydrogen (secondary N) is 2. The monoisotopic (exact) mass is 357 g/mol. The molecule has 1 amide bonds. The molecule has 0 aliphatic rings. The van der Waals surface area contributed by atoms with Gasteiger partial charge in [-0.3, -0.25) is 4.79 Å². The lowest BCUT2D eigenvalue weighted by molar-refractivity contribution is 0.102. The van der Waals surface area contributed by atoms with Crippen LogP contribution in [0.5, 0.6) is 0 Å². The summed E-state index contributed by atoms with van der Waals surface area (Å²) in [5.41, 5.74) is 0.529. The van der Waals surface area contributed by atoms with E-state index in [0.29, 0.717) is 10.7 Å². The molecule has 4 nitrogen and oxygen atoms in total. The molecule has 1 heterocycles. The molecule has 0 aliphatic carbocycles. The average molecular weight is 359 g/mol. The third-order valence-corrected chi connectivity index (χ3v) is 3.34. The van der Waals surface area contributed by atoms with Crippen LogP contribution in [-0.2, 0) is 0 Å². The van der Waals surface area contributed by atoms with Crippen LogP contribution in [-0.4, -0.2) is 17.9 Å². The van der Waals surface area contributed by atoms with Gasteiger partial charge in [-0.1, -0.05) is 27.5 Å². The summed E-state index contributed by atoms with van der Waals surface area (Å²) in [5, 5.41) is 5.74. The molecular weight excluding hydrogens is 349 g/mol. The first-order chi connectivity index (χ1) is 9.51. The summed E-state index contributed by atoms with van der Waals surface area (Å²) in [5.74, 6) is -0.800. The molecule has 0 aliphatic heterocycles. The van der Waals surface area contributed by atoms with Crippen LogP contribution in [0.25, 0.3) is 0 Å². The van der Waals surface area contributed by atoms with Crippen LogP contribution >= 0.6 is 27.5 Å². The number of rotatable bonds is 3.